The Hall–Kier alpha value is -1.61. The van der Waals surface area contributed by atoms with Crippen LogP contribution in [0.2, 0.25) is 0 Å². The summed E-state index contributed by atoms with van der Waals surface area (Å²) in [6.45, 7) is 5.29. The summed E-state index contributed by atoms with van der Waals surface area (Å²) in [6, 6.07) is 18.5. The zero-order chi connectivity index (χ0) is 19.7. The fourth-order valence-corrected chi connectivity index (χ4v) is 4.40. The molecule has 0 heterocycles. The summed E-state index contributed by atoms with van der Waals surface area (Å²) in [6.07, 6.45) is 0.688. The number of aliphatic imine (C=N–C) groups is 1. The summed E-state index contributed by atoms with van der Waals surface area (Å²) in [5.41, 5.74) is 1.18. The maximum Gasteiger partial charge on any atom is 0.194 e. The van der Waals surface area contributed by atoms with Crippen LogP contribution in [0.1, 0.15) is 25.8 Å². The van der Waals surface area contributed by atoms with Crippen LogP contribution < -0.4 is 5.32 Å². The molecule has 154 valence electrons. The zero-order valence-electron chi connectivity index (χ0n) is 16.7. The Morgan fingerprint density at radius 3 is 2.14 bits per heavy atom. The lowest BCUT2D eigenvalue weighted by molar-refractivity contribution is 0.459. The molecule has 0 aliphatic carbocycles. The zero-order valence-corrected chi connectivity index (χ0v) is 19.9. The summed E-state index contributed by atoms with van der Waals surface area (Å²) in [5.74, 6) is 0.756. The number of rotatable bonds is 8. The predicted molar refractivity (Wildman–Crippen MR) is 127 cm³/mol. The van der Waals surface area contributed by atoms with Gasteiger partial charge in [0.1, 0.15) is 0 Å². The molecule has 0 saturated heterocycles. The summed E-state index contributed by atoms with van der Waals surface area (Å²) in [4.78, 5) is 6.93. The lowest BCUT2D eigenvalue weighted by Gasteiger charge is -2.27. The van der Waals surface area contributed by atoms with E-state index in [0.717, 1.165) is 5.96 Å². The molecule has 1 unspecified atom stereocenters. The number of nitrogens with one attached hydrogen (secondary N) is 1. The van der Waals surface area contributed by atoms with Gasteiger partial charge in [0.25, 0.3) is 0 Å². The largest absolute Gasteiger partial charge is 0.352 e. The highest BCUT2D eigenvalue weighted by Crippen LogP contribution is 2.13. The van der Waals surface area contributed by atoms with E-state index in [9.17, 15) is 8.42 Å². The Morgan fingerprint density at radius 2 is 1.61 bits per heavy atom. The van der Waals surface area contributed by atoms with E-state index < -0.39 is 9.84 Å². The molecule has 0 aliphatic heterocycles. The monoisotopic (exact) mass is 515 g/mol. The third-order valence-electron chi connectivity index (χ3n) is 4.28. The van der Waals surface area contributed by atoms with Crippen LogP contribution in [-0.2, 0) is 16.4 Å². The second-order valence-corrected chi connectivity index (χ2v) is 8.52. The first kappa shape index (κ1) is 24.4. The normalized spacial score (nSPS) is 12.8. The predicted octanol–water partition coefficient (Wildman–Crippen LogP) is 3.95. The van der Waals surface area contributed by atoms with E-state index in [0.29, 0.717) is 24.4 Å². The molecule has 2 rings (SSSR count). The fraction of sp³-hybridized carbons (Fsp3) is 0.381. The Labute approximate surface area is 186 Å². The Morgan fingerprint density at radius 1 is 1.04 bits per heavy atom. The van der Waals surface area contributed by atoms with E-state index in [1.165, 1.54) is 5.56 Å². The summed E-state index contributed by atoms with van der Waals surface area (Å²) in [7, 11) is -1.39. The molecule has 0 saturated carbocycles. The Bertz CT molecular complexity index is 827. The molecule has 2 aromatic rings. The van der Waals surface area contributed by atoms with Crippen LogP contribution in [0.15, 0.2) is 70.6 Å². The van der Waals surface area contributed by atoms with Crippen molar-refractivity contribution in [3.05, 3.63) is 66.2 Å². The van der Waals surface area contributed by atoms with Gasteiger partial charge >= 0.3 is 0 Å². The summed E-state index contributed by atoms with van der Waals surface area (Å²) < 4.78 is 25.4. The van der Waals surface area contributed by atoms with E-state index in [1.54, 1.807) is 24.3 Å². The highest BCUT2D eigenvalue weighted by Gasteiger charge is 2.22. The van der Waals surface area contributed by atoms with Crippen molar-refractivity contribution in [2.75, 3.05) is 19.3 Å². The van der Waals surface area contributed by atoms with Crippen LogP contribution in [-0.4, -0.2) is 44.7 Å². The topological polar surface area (TPSA) is 61.8 Å². The van der Waals surface area contributed by atoms with Crippen molar-refractivity contribution in [1.82, 2.24) is 10.2 Å². The van der Waals surface area contributed by atoms with Gasteiger partial charge < -0.3 is 10.2 Å². The van der Waals surface area contributed by atoms with Gasteiger partial charge in [-0.15, -0.1) is 24.0 Å². The van der Waals surface area contributed by atoms with Gasteiger partial charge in [0.05, 0.1) is 10.6 Å². The van der Waals surface area contributed by atoms with Crippen molar-refractivity contribution >= 4 is 39.8 Å². The average Bonchev–Trinajstić information content (AvgIpc) is 2.68. The first-order chi connectivity index (χ1) is 13.0. The molecular weight excluding hydrogens is 485 g/mol. The van der Waals surface area contributed by atoms with Crippen molar-refractivity contribution in [2.24, 2.45) is 4.99 Å². The molecule has 0 aromatic heterocycles. The first-order valence-electron chi connectivity index (χ1n) is 9.30. The Balaban J connectivity index is 0.00000392. The van der Waals surface area contributed by atoms with Crippen LogP contribution in [0, 0.1) is 0 Å². The molecule has 0 spiro atoms. The van der Waals surface area contributed by atoms with Gasteiger partial charge in [0.2, 0.25) is 0 Å². The fourth-order valence-electron chi connectivity index (χ4n) is 2.79. The standard InChI is InChI=1S/C21H29N3O2S.HI/c1-4-19(17-27(25,26)20-14-10-7-11-15-20)23-21(22-5-2)24(3)16-18-12-8-6-9-13-18;/h6-15,19H,4-5,16-17H2,1-3H3,(H,22,23);1H. The van der Waals surface area contributed by atoms with Gasteiger partial charge in [-0.3, -0.25) is 4.99 Å². The number of benzene rings is 2. The van der Waals surface area contributed by atoms with Crippen molar-refractivity contribution in [3.8, 4) is 0 Å². The van der Waals surface area contributed by atoms with Gasteiger partial charge in [-0.05, 0) is 31.0 Å². The van der Waals surface area contributed by atoms with Crippen LogP contribution in [0.5, 0.6) is 0 Å². The van der Waals surface area contributed by atoms with Gasteiger partial charge in [0, 0.05) is 26.2 Å². The van der Waals surface area contributed by atoms with Gasteiger partial charge in [-0.1, -0.05) is 55.5 Å². The van der Waals surface area contributed by atoms with E-state index in [2.05, 4.69) is 22.4 Å². The van der Waals surface area contributed by atoms with Gasteiger partial charge in [-0.25, -0.2) is 8.42 Å². The van der Waals surface area contributed by atoms with Crippen molar-refractivity contribution in [1.29, 1.82) is 0 Å². The smallest absolute Gasteiger partial charge is 0.194 e. The average molecular weight is 515 g/mol. The summed E-state index contributed by atoms with van der Waals surface area (Å²) in [5, 5.41) is 3.35. The third-order valence-corrected chi connectivity index (χ3v) is 6.11. The number of hydrogen-bond donors (Lipinski definition) is 1. The van der Waals surface area contributed by atoms with Crippen molar-refractivity contribution in [2.45, 2.75) is 37.8 Å². The molecule has 1 atom stereocenters. The van der Waals surface area contributed by atoms with E-state index in [1.807, 2.05) is 50.1 Å². The molecule has 2 aromatic carbocycles. The molecule has 1 N–H and O–H groups in total. The lowest BCUT2D eigenvalue weighted by Crippen LogP contribution is -2.46. The Kier molecular flexibility index (Phi) is 10.5. The van der Waals surface area contributed by atoms with Crippen LogP contribution >= 0.6 is 24.0 Å². The molecule has 28 heavy (non-hydrogen) atoms. The molecule has 7 heteroatoms. The SMILES string of the molecule is CCN=C(NC(CC)CS(=O)(=O)c1ccccc1)N(C)Cc1ccccc1.I. The summed E-state index contributed by atoms with van der Waals surface area (Å²) >= 11 is 0. The molecule has 0 radical (unpaired) electrons. The number of hydrogen-bond acceptors (Lipinski definition) is 3. The number of sulfone groups is 1. The first-order valence-corrected chi connectivity index (χ1v) is 10.9. The molecule has 0 bridgehead atoms. The minimum absolute atomic E-state index is 0. The van der Waals surface area contributed by atoms with Crippen molar-refractivity contribution < 1.29 is 8.42 Å². The van der Waals surface area contributed by atoms with E-state index >= 15 is 0 Å². The lowest BCUT2D eigenvalue weighted by atomic mass is 10.2. The van der Waals surface area contributed by atoms with Crippen molar-refractivity contribution in [3.63, 3.8) is 0 Å². The van der Waals surface area contributed by atoms with Crippen LogP contribution in [0.4, 0.5) is 0 Å². The minimum Gasteiger partial charge on any atom is -0.352 e. The molecule has 0 fully saturated rings. The number of guanidine groups is 1. The molecule has 0 amide bonds. The second kappa shape index (κ2) is 12.1. The van der Waals surface area contributed by atoms with Crippen LogP contribution in [0.25, 0.3) is 0 Å². The maximum absolute atomic E-state index is 12.7. The second-order valence-electron chi connectivity index (χ2n) is 6.48. The third kappa shape index (κ3) is 7.43. The quantitative estimate of drug-likeness (QED) is 0.329. The molecule has 0 aliphatic rings. The molecular formula is C21H30IN3O2S. The van der Waals surface area contributed by atoms with Crippen LogP contribution in [0.3, 0.4) is 0 Å². The van der Waals surface area contributed by atoms with E-state index in [-0.39, 0.29) is 35.8 Å². The van der Waals surface area contributed by atoms with Gasteiger partial charge in [-0.2, -0.15) is 0 Å². The van der Waals surface area contributed by atoms with E-state index in [4.69, 9.17) is 0 Å². The maximum atomic E-state index is 12.7. The molecule has 5 nitrogen and oxygen atoms in total. The highest BCUT2D eigenvalue weighted by molar-refractivity contribution is 14.0. The number of halogens is 1. The number of nitrogens with zero attached hydrogens (tertiary/aromatic N) is 2. The van der Waals surface area contributed by atoms with Gasteiger partial charge in [0.15, 0.2) is 15.8 Å². The highest BCUT2D eigenvalue weighted by atomic mass is 127. The minimum atomic E-state index is -3.35.